The quantitative estimate of drug-likeness (QED) is 0.773. The lowest BCUT2D eigenvalue weighted by atomic mass is 10.0. The zero-order chi connectivity index (χ0) is 20.1. The van der Waals surface area contributed by atoms with Crippen LogP contribution in [-0.4, -0.2) is 60.1 Å². The lowest BCUT2D eigenvalue weighted by Crippen LogP contribution is -2.56. The van der Waals surface area contributed by atoms with Gasteiger partial charge < -0.3 is 19.5 Å². The Morgan fingerprint density at radius 3 is 2.93 bits per heavy atom. The number of methoxy groups -OCH3 is 1. The molecule has 1 unspecified atom stereocenters. The minimum absolute atomic E-state index is 0.110. The molecule has 2 aromatic rings. The van der Waals surface area contributed by atoms with Gasteiger partial charge in [0.1, 0.15) is 17.7 Å². The zero-order valence-electron chi connectivity index (χ0n) is 16.5. The molecule has 150 valence electrons. The molecule has 1 aliphatic rings. The Labute approximate surface area is 164 Å². The van der Waals surface area contributed by atoms with Gasteiger partial charge in [0.25, 0.3) is 0 Å². The Morgan fingerprint density at radius 2 is 2.25 bits per heavy atom. The molecule has 0 spiro atoms. The van der Waals surface area contributed by atoms with Crippen molar-refractivity contribution in [3.63, 3.8) is 0 Å². The number of hydrogen-bond acceptors (Lipinski definition) is 6. The highest BCUT2D eigenvalue weighted by Gasteiger charge is 2.32. The van der Waals surface area contributed by atoms with Crippen LogP contribution in [0, 0.1) is 6.92 Å². The minimum atomic E-state index is -0.497. The van der Waals surface area contributed by atoms with E-state index >= 15 is 0 Å². The molecule has 28 heavy (non-hydrogen) atoms. The Kier molecular flexibility index (Phi) is 6.30. The van der Waals surface area contributed by atoms with E-state index in [4.69, 9.17) is 9.26 Å². The Hall–Kier alpha value is -2.87. The van der Waals surface area contributed by atoms with Crippen LogP contribution in [0.1, 0.15) is 23.2 Å². The normalized spacial score (nSPS) is 17.2. The molecule has 0 saturated carbocycles. The number of amides is 2. The summed E-state index contributed by atoms with van der Waals surface area (Å²) in [6, 6.07) is 7.20. The summed E-state index contributed by atoms with van der Waals surface area (Å²) >= 11 is 0. The number of hydrogen-bond donors (Lipinski definition) is 1. The standard InChI is InChI=1S/C20H26N4O4/c1-14-10-15(4-5-18(14)27-3)12-24-8-7-21-20(26)17(24)11-19(25)23(2)13-16-6-9-28-22-16/h4-6,9-10,17H,7-8,11-13H2,1-3H3,(H,21,26). The first-order chi connectivity index (χ1) is 13.5. The summed E-state index contributed by atoms with van der Waals surface area (Å²) in [6.07, 6.45) is 1.59. The highest BCUT2D eigenvalue weighted by molar-refractivity contribution is 5.88. The zero-order valence-corrected chi connectivity index (χ0v) is 16.5. The Bertz CT molecular complexity index is 822. The molecule has 2 amide bonds. The van der Waals surface area contributed by atoms with Crippen molar-refractivity contribution < 1.29 is 18.8 Å². The van der Waals surface area contributed by atoms with Crippen molar-refractivity contribution in [3.8, 4) is 5.75 Å². The molecule has 1 aromatic heterocycles. The van der Waals surface area contributed by atoms with Crippen molar-refractivity contribution >= 4 is 11.8 Å². The van der Waals surface area contributed by atoms with Gasteiger partial charge in [-0.1, -0.05) is 17.3 Å². The molecule has 8 heteroatoms. The summed E-state index contributed by atoms with van der Waals surface area (Å²) in [5.74, 6) is 0.613. The fourth-order valence-corrected chi connectivity index (χ4v) is 3.42. The van der Waals surface area contributed by atoms with Crippen molar-refractivity contribution in [3.05, 3.63) is 47.3 Å². The Balaban J connectivity index is 1.67. The van der Waals surface area contributed by atoms with E-state index in [1.54, 1.807) is 25.1 Å². The third-order valence-corrected chi connectivity index (χ3v) is 4.97. The minimum Gasteiger partial charge on any atom is -0.496 e. The molecule has 0 radical (unpaired) electrons. The molecule has 1 aromatic carbocycles. The maximum atomic E-state index is 12.7. The number of rotatable bonds is 7. The second kappa shape index (κ2) is 8.88. The highest BCUT2D eigenvalue weighted by atomic mass is 16.5. The first-order valence-corrected chi connectivity index (χ1v) is 9.26. The van der Waals surface area contributed by atoms with Gasteiger partial charge in [-0.2, -0.15) is 0 Å². The van der Waals surface area contributed by atoms with Crippen molar-refractivity contribution in [1.29, 1.82) is 0 Å². The summed E-state index contributed by atoms with van der Waals surface area (Å²) in [6.45, 7) is 4.21. The number of benzene rings is 1. The van der Waals surface area contributed by atoms with Crippen LogP contribution in [0.15, 0.2) is 35.1 Å². The van der Waals surface area contributed by atoms with E-state index in [-0.39, 0.29) is 18.2 Å². The first-order valence-electron chi connectivity index (χ1n) is 9.26. The maximum absolute atomic E-state index is 12.7. The van der Waals surface area contributed by atoms with E-state index in [1.807, 2.05) is 19.1 Å². The summed E-state index contributed by atoms with van der Waals surface area (Å²) < 4.78 is 10.1. The molecule has 8 nitrogen and oxygen atoms in total. The molecule has 0 aliphatic carbocycles. The van der Waals surface area contributed by atoms with E-state index in [1.165, 1.54) is 6.26 Å². The molecule has 1 atom stereocenters. The molecular formula is C20H26N4O4. The second-order valence-electron chi connectivity index (χ2n) is 7.03. The SMILES string of the molecule is COc1ccc(CN2CCNC(=O)C2CC(=O)N(C)Cc2ccon2)cc1C. The first kappa shape index (κ1) is 19.9. The van der Waals surface area contributed by atoms with E-state index in [0.717, 1.165) is 16.9 Å². The molecule has 1 N–H and O–H groups in total. The van der Waals surface area contributed by atoms with Gasteiger partial charge in [-0.15, -0.1) is 0 Å². The summed E-state index contributed by atoms with van der Waals surface area (Å²) in [5.41, 5.74) is 2.80. The van der Waals surface area contributed by atoms with Crippen LogP contribution in [0.3, 0.4) is 0 Å². The van der Waals surface area contributed by atoms with Gasteiger partial charge in [0.2, 0.25) is 11.8 Å². The second-order valence-corrected chi connectivity index (χ2v) is 7.03. The number of ether oxygens (including phenoxy) is 1. The average molecular weight is 386 g/mol. The van der Waals surface area contributed by atoms with Crippen LogP contribution < -0.4 is 10.1 Å². The third kappa shape index (κ3) is 4.69. The molecule has 1 aliphatic heterocycles. The molecule has 0 bridgehead atoms. The van der Waals surface area contributed by atoms with Gasteiger partial charge in [-0.25, -0.2) is 0 Å². The maximum Gasteiger partial charge on any atom is 0.237 e. The lowest BCUT2D eigenvalue weighted by Gasteiger charge is -2.35. The van der Waals surface area contributed by atoms with Crippen molar-refractivity contribution in [2.45, 2.75) is 32.5 Å². The number of nitrogens with one attached hydrogen (secondary N) is 1. The number of aryl methyl sites for hydroxylation is 1. The lowest BCUT2D eigenvalue weighted by molar-refractivity contribution is -0.138. The third-order valence-electron chi connectivity index (χ3n) is 4.97. The van der Waals surface area contributed by atoms with Gasteiger partial charge in [0.05, 0.1) is 26.1 Å². The van der Waals surface area contributed by atoms with Crippen molar-refractivity contribution in [2.75, 3.05) is 27.2 Å². The van der Waals surface area contributed by atoms with Gasteiger partial charge >= 0.3 is 0 Å². The van der Waals surface area contributed by atoms with Gasteiger partial charge in [-0.05, 0) is 24.1 Å². The number of nitrogens with zero attached hydrogens (tertiary/aromatic N) is 3. The number of carbonyl (C=O) groups is 2. The van der Waals surface area contributed by atoms with Gasteiger partial charge in [0, 0.05) is 32.7 Å². The van der Waals surface area contributed by atoms with Crippen molar-refractivity contribution in [2.24, 2.45) is 0 Å². The largest absolute Gasteiger partial charge is 0.496 e. The molecular weight excluding hydrogens is 360 g/mol. The van der Waals surface area contributed by atoms with E-state index in [2.05, 4.69) is 21.4 Å². The number of aromatic nitrogens is 1. The topological polar surface area (TPSA) is 87.9 Å². The van der Waals surface area contributed by atoms with E-state index in [9.17, 15) is 9.59 Å². The fraction of sp³-hybridized carbons (Fsp3) is 0.450. The molecule has 3 rings (SSSR count). The fourth-order valence-electron chi connectivity index (χ4n) is 3.42. The van der Waals surface area contributed by atoms with Crippen LogP contribution in [0.4, 0.5) is 0 Å². The summed E-state index contributed by atoms with van der Waals surface area (Å²) in [5, 5.41) is 6.69. The van der Waals surface area contributed by atoms with Crippen LogP contribution >= 0.6 is 0 Å². The molecule has 1 saturated heterocycles. The highest BCUT2D eigenvalue weighted by Crippen LogP contribution is 2.21. The Morgan fingerprint density at radius 1 is 1.43 bits per heavy atom. The van der Waals surface area contributed by atoms with Crippen LogP contribution in [0.2, 0.25) is 0 Å². The van der Waals surface area contributed by atoms with Crippen LogP contribution in [-0.2, 0) is 22.7 Å². The summed E-state index contributed by atoms with van der Waals surface area (Å²) in [4.78, 5) is 28.8. The van der Waals surface area contributed by atoms with E-state index in [0.29, 0.717) is 31.9 Å². The smallest absolute Gasteiger partial charge is 0.237 e. The molecule has 2 heterocycles. The van der Waals surface area contributed by atoms with E-state index < -0.39 is 6.04 Å². The number of piperazine rings is 1. The van der Waals surface area contributed by atoms with Gasteiger partial charge in [-0.3, -0.25) is 14.5 Å². The predicted molar refractivity (Wildman–Crippen MR) is 103 cm³/mol. The number of carbonyl (C=O) groups excluding carboxylic acids is 2. The monoisotopic (exact) mass is 386 g/mol. The average Bonchev–Trinajstić information content (AvgIpc) is 3.17. The predicted octanol–water partition coefficient (Wildman–Crippen LogP) is 1.34. The van der Waals surface area contributed by atoms with Crippen LogP contribution in [0.25, 0.3) is 0 Å². The van der Waals surface area contributed by atoms with Crippen molar-refractivity contribution in [1.82, 2.24) is 20.3 Å². The molecule has 1 fully saturated rings. The summed E-state index contributed by atoms with van der Waals surface area (Å²) in [7, 11) is 3.35. The van der Waals surface area contributed by atoms with Gasteiger partial charge in [0.15, 0.2) is 0 Å². The van der Waals surface area contributed by atoms with Crippen LogP contribution in [0.5, 0.6) is 5.75 Å².